The van der Waals surface area contributed by atoms with E-state index in [9.17, 15) is 9.59 Å². The minimum Gasteiger partial charge on any atom is -0.331 e. The lowest BCUT2D eigenvalue weighted by molar-refractivity contribution is 0.0944. The molecule has 0 spiro atoms. The highest BCUT2D eigenvalue weighted by Gasteiger charge is 2.17. The van der Waals surface area contributed by atoms with Crippen LogP contribution in [0, 0.1) is 13.8 Å². The zero-order valence-electron chi connectivity index (χ0n) is 16.2. The van der Waals surface area contributed by atoms with Gasteiger partial charge in [0.25, 0.3) is 11.5 Å². The zero-order valence-corrected chi connectivity index (χ0v) is 17.0. The molecule has 3 aromatic rings. The van der Waals surface area contributed by atoms with Gasteiger partial charge in [-0.05, 0) is 73.9 Å². The largest absolute Gasteiger partial charge is 0.331 e. The van der Waals surface area contributed by atoms with Gasteiger partial charge in [-0.15, -0.1) is 0 Å². The van der Waals surface area contributed by atoms with Crippen LogP contribution in [0.1, 0.15) is 33.7 Å². The second-order valence-corrected chi connectivity index (χ2v) is 7.64. The van der Waals surface area contributed by atoms with Gasteiger partial charge in [-0.25, -0.2) is 4.98 Å². The van der Waals surface area contributed by atoms with Crippen molar-refractivity contribution in [1.82, 2.24) is 20.4 Å². The molecule has 1 amide bonds. The van der Waals surface area contributed by atoms with Crippen molar-refractivity contribution < 1.29 is 4.79 Å². The SMILES string of the molecule is Cc1cc(C)cc(NC(=S)NNC(=O)c2ccc3c(=O)n4c(nc3c2)CCC4)c1. The number of nitrogens with zero attached hydrogens (tertiary/aromatic N) is 2. The number of anilines is 1. The number of nitrogens with one attached hydrogen (secondary N) is 3. The number of carbonyl (C=O) groups is 1. The minimum absolute atomic E-state index is 0.0496. The van der Waals surface area contributed by atoms with Crippen molar-refractivity contribution in [3.05, 3.63) is 69.3 Å². The lowest BCUT2D eigenvalue weighted by atomic mass is 10.1. The van der Waals surface area contributed by atoms with Crippen LogP contribution >= 0.6 is 12.2 Å². The number of rotatable bonds is 2. The predicted molar refractivity (Wildman–Crippen MR) is 117 cm³/mol. The summed E-state index contributed by atoms with van der Waals surface area (Å²) in [7, 11) is 0. The van der Waals surface area contributed by atoms with Crippen molar-refractivity contribution >= 4 is 39.8 Å². The molecular weight excluding hydrogens is 386 g/mol. The fourth-order valence-corrected chi connectivity index (χ4v) is 3.79. The van der Waals surface area contributed by atoms with Gasteiger partial charge in [-0.2, -0.15) is 0 Å². The van der Waals surface area contributed by atoms with E-state index in [4.69, 9.17) is 12.2 Å². The number of aromatic nitrogens is 2. The topological polar surface area (TPSA) is 88.0 Å². The van der Waals surface area contributed by atoms with Crippen molar-refractivity contribution in [3.8, 4) is 0 Å². The summed E-state index contributed by atoms with van der Waals surface area (Å²) in [5.41, 5.74) is 9.24. The first-order chi connectivity index (χ1) is 13.9. The van der Waals surface area contributed by atoms with E-state index in [-0.39, 0.29) is 16.6 Å². The molecule has 8 heteroatoms. The van der Waals surface area contributed by atoms with Gasteiger partial charge in [0.2, 0.25) is 0 Å². The van der Waals surface area contributed by atoms with E-state index >= 15 is 0 Å². The normalized spacial score (nSPS) is 12.5. The number of hydrogen-bond donors (Lipinski definition) is 3. The summed E-state index contributed by atoms with van der Waals surface area (Å²) < 4.78 is 1.71. The van der Waals surface area contributed by atoms with Crippen molar-refractivity contribution in [1.29, 1.82) is 0 Å². The summed E-state index contributed by atoms with van der Waals surface area (Å²) in [6.45, 7) is 4.71. The monoisotopic (exact) mass is 407 g/mol. The zero-order chi connectivity index (χ0) is 20.5. The molecule has 0 atom stereocenters. The lowest BCUT2D eigenvalue weighted by Crippen LogP contribution is -2.43. The van der Waals surface area contributed by atoms with Gasteiger partial charge >= 0.3 is 0 Å². The second-order valence-electron chi connectivity index (χ2n) is 7.23. The van der Waals surface area contributed by atoms with Gasteiger partial charge in [-0.3, -0.25) is 25.0 Å². The maximum Gasteiger partial charge on any atom is 0.269 e. The first kappa shape index (κ1) is 19.1. The first-order valence-electron chi connectivity index (χ1n) is 9.40. The fraction of sp³-hybridized carbons (Fsp3) is 0.238. The average molecular weight is 407 g/mol. The molecule has 0 saturated carbocycles. The molecule has 0 fully saturated rings. The van der Waals surface area contributed by atoms with Crippen LogP contribution in [-0.4, -0.2) is 20.6 Å². The summed E-state index contributed by atoms with van der Waals surface area (Å²) in [5, 5.41) is 3.84. The molecule has 2 heterocycles. The molecule has 29 heavy (non-hydrogen) atoms. The maximum absolute atomic E-state index is 12.5. The smallest absolute Gasteiger partial charge is 0.269 e. The Morgan fingerprint density at radius 1 is 1.10 bits per heavy atom. The number of hydrogen-bond acceptors (Lipinski definition) is 4. The number of fused-ring (bicyclic) bond motifs is 2. The molecule has 1 aliphatic rings. The fourth-order valence-electron chi connectivity index (χ4n) is 3.62. The Morgan fingerprint density at radius 3 is 2.62 bits per heavy atom. The Kier molecular flexibility index (Phi) is 5.02. The molecule has 0 aliphatic carbocycles. The van der Waals surface area contributed by atoms with Crippen molar-refractivity contribution in [2.24, 2.45) is 0 Å². The molecule has 0 radical (unpaired) electrons. The molecule has 2 aromatic carbocycles. The molecular formula is C21H21N5O2S. The van der Waals surface area contributed by atoms with Crippen LogP contribution < -0.4 is 21.7 Å². The molecule has 0 bridgehead atoms. The van der Waals surface area contributed by atoms with E-state index in [1.54, 1.807) is 22.8 Å². The number of hydrazine groups is 1. The van der Waals surface area contributed by atoms with E-state index in [1.807, 2.05) is 26.0 Å². The van der Waals surface area contributed by atoms with Crippen LogP contribution in [-0.2, 0) is 13.0 Å². The van der Waals surface area contributed by atoms with Gasteiger partial charge in [0, 0.05) is 24.2 Å². The average Bonchev–Trinajstić information content (AvgIpc) is 3.14. The molecule has 4 rings (SSSR count). The van der Waals surface area contributed by atoms with Gasteiger partial charge in [0.1, 0.15) is 5.82 Å². The van der Waals surface area contributed by atoms with E-state index in [2.05, 4.69) is 27.2 Å². The Morgan fingerprint density at radius 2 is 1.86 bits per heavy atom. The third-order valence-corrected chi connectivity index (χ3v) is 5.05. The van der Waals surface area contributed by atoms with Gasteiger partial charge in [0.05, 0.1) is 10.9 Å². The van der Waals surface area contributed by atoms with Crippen LogP contribution in [0.3, 0.4) is 0 Å². The summed E-state index contributed by atoms with van der Waals surface area (Å²) in [6, 6.07) is 10.9. The number of thiocarbonyl (C=S) groups is 1. The highest BCUT2D eigenvalue weighted by molar-refractivity contribution is 7.80. The molecule has 1 aliphatic heterocycles. The van der Waals surface area contributed by atoms with Gasteiger partial charge in [0.15, 0.2) is 5.11 Å². The third kappa shape index (κ3) is 3.97. The number of aryl methyl sites for hydroxylation is 3. The highest BCUT2D eigenvalue weighted by Crippen LogP contribution is 2.16. The standard InChI is InChI=1S/C21H21N5O2S/c1-12-8-13(2)10-15(9-12)22-21(29)25-24-19(27)14-5-6-16-17(11-14)23-18-4-3-7-26(18)20(16)28/h5-6,8-11H,3-4,7H2,1-2H3,(H,24,27)(H2,22,25,29). The first-order valence-corrected chi connectivity index (χ1v) is 9.80. The van der Waals surface area contributed by atoms with Crippen LogP contribution in [0.15, 0.2) is 41.2 Å². The third-order valence-electron chi connectivity index (χ3n) is 4.85. The Hall–Kier alpha value is -3.26. The summed E-state index contributed by atoms with van der Waals surface area (Å²) in [5.74, 6) is 0.413. The van der Waals surface area contributed by atoms with Crippen molar-refractivity contribution in [2.45, 2.75) is 33.2 Å². The van der Waals surface area contributed by atoms with Crippen molar-refractivity contribution in [2.75, 3.05) is 5.32 Å². The Labute approximate surface area is 173 Å². The molecule has 0 saturated heterocycles. The summed E-state index contributed by atoms with van der Waals surface area (Å²) in [4.78, 5) is 29.6. The number of benzene rings is 2. The summed E-state index contributed by atoms with van der Waals surface area (Å²) in [6.07, 6.45) is 1.70. The summed E-state index contributed by atoms with van der Waals surface area (Å²) >= 11 is 5.25. The van der Waals surface area contributed by atoms with Crippen molar-refractivity contribution in [3.63, 3.8) is 0 Å². The highest BCUT2D eigenvalue weighted by atomic mass is 32.1. The molecule has 0 unspecified atom stereocenters. The predicted octanol–water partition coefficient (Wildman–Crippen LogP) is 2.59. The molecule has 148 valence electrons. The molecule has 3 N–H and O–H groups in total. The lowest BCUT2D eigenvalue weighted by Gasteiger charge is -2.13. The van der Waals surface area contributed by atoms with Gasteiger partial charge in [-0.1, -0.05) is 6.07 Å². The number of amides is 1. The Balaban J connectivity index is 1.45. The van der Waals surface area contributed by atoms with Crippen LogP contribution in [0.2, 0.25) is 0 Å². The maximum atomic E-state index is 12.5. The van der Waals surface area contributed by atoms with E-state index in [0.717, 1.165) is 35.5 Å². The quantitative estimate of drug-likeness (QED) is 0.447. The van der Waals surface area contributed by atoms with E-state index in [1.165, 1.54) is 0 Å². The van der Waals surface area contributed by atoms with Crippen LogP contribution in [0.25, 0.3) is 10.9 Å². The Bertz CT molecular complexity index is 1180. The second kappa shape index (κ2) is 7.63. The van der Waals surface area contributed by atoms with E-state index < -0.39 is 0 Å². The van der Waals surface area contributed by atoms with E-state index in [0.29, 0.717) is 23.0 Å². The molecule has 7 nitrogen and oxygen atoms in total. The van der Waals surface area contributed by atoms with Crippen LogP contribution in [0.5, 0.6) is 0 Å². The molecule has 1 aromatic heterocycles. The number of carbonyl (C=O) groups excluding carboxylic acids is 1. The minimum atomic E-state index is -0.362. The van der Waals surface area contributed by atoms with Gasteiger partial charge < -0.3 is 5.32 Å². The van der Waals surface area contributed by atoms with Crippen LogP contribution in [0.4, 0.5) is 5.69 Å².